The van der Waals surface area contributed by atoms with E-state index in [9.17, 15) is 4.39 Å². The van der Waals surface area contributed by atoms with E-state index in [0.717, 1.165) is 25.9 Å². The minimum Gasteiger partial charge on any atom is -0.313 e. The van der Waals surface area contributed by atoms with Crippen molar-refractivity contribution in [3.63, 3.8) is 0 Å². The molecule has 0 radical (unpaired) electrons. The molecule has 1 rings (SSSR count). The molecule has 1 nitrogen and oxygen atoms in total. The molecule has 1 saturated heterocycles. The molecule has 1 aliphatic rings. The molecule has 1 heterocycles. The van der Waals surface area contributed by atoms with Gasteiger partial charge in [-0.25, -0.2) is 4.39 Å². The lowest BCUT2D eigenvalue weighted by molar-refractivity contribution is 0.609. The quantitative estimate of drug-likeness (QED) is 0.679. The number of allylic oxidation sites excluding steroid dienone is 5. The second kappa shape index (κ2) is 5.55. The molecule has 1 fully saturated rings. The first-order chi connectivity index (χ1) is 6.72. The van der Waals surface area contributed by atoms with Gasteiger partial charge in [-0.1, -0.05) is 24.8 Å². The van der Waals surface area contributed by atoms with Crippen molar-refractivity contribution in [1.29, 1.82) is 0 Å². The van der Waals surface area contributed by atoms with Gasteiger partial charge < -0.3 is 5.32 Å². The number of piperidine rings is 1. The lowest BCUT2D eigenvalue weighted by atomic mass is 10.0. The zero-order chi connectivity index (χ0) is 10.4. The molecule has 0 aromatic rings. The molecule has 1 N–H and O–H groups in total. The van der Waals surface area contributed by atoms with Gasteiger partial charge in [-0.05, 0) is 37.1 Å². The van der Waals surface area contributed by atoms with Crippen LogP contribution >= 0.6 is 0 Å². The summed E-state index contributed by atoms with van der Waals surface area (Å²) >= 11 is 0. The predicted molar refractivity (Wildman–Crippen MR) is 58.7 cm³/mol. The van der Waals surface area contributed by atoms with Gasteiger partial charge in [0, 0.05) is 6.54 Å². The van der Waals surface area contributed by atoms with E-state index < -0.39 is 0 Å². The van der Waals surface area contributed by atoms with Gasteiger partial charge in [0.25, 0.3) is 0 Å². The summed E-state index contributed by atoms with van der Waals surface area (Å²) in [6.07, 6.45) is 6.75. The van der Waals surface area contributed by atoms with Gasteiger partial charge in [0.05, 0.1) is 0 Å². The van der Waals surface area contributed by atoms with Crippen LogP contribution in [0.25, 0.3) is 0 Å². The Morgan fingerprint density at radius 1 is 1.50 bits per heavy atom. The minimum atomic E-state index is -0.337. The van der Waals surface area contributed by atoms with E-state index in [4.69, 9.17) is 0 Å². The third kappa shape index (κ3) is 3.71. The molecule has 0 aromatic carbocycles. The third-order valence-corrected chi connectivity index (χ3v) is 2.11. The lowest BCUT2D eigenvalue weighted by Crippen LogP contribution is -2.23. The smallest absolute Gasteiger partial charge is 0.123 e. The molecule has 0 spiro atoms. The van der Waals surface area contributed by atoms with Crippen molar-refractivity contribution in [3.05, 3.63) is 48.4 Å². The van der Waals surface area contributed by atoms with Crippen molar-refractivity contribution in [1.82, 2.24) is 5.32 Å². The average molecular weight is 193 g/mol. The first-order valence-electron chi connectivity index (χ1n) is 4.81. The van der Waals surface area contributed by atoms with E-state index in [1.165, 1.54) is 17.7 Å². The third-order valence-electron chi connectivity index (χ3n) is 2.11. The highest BCUT2D eigenvalue weighted by Gasteiger charge is 2.03. The zero-order valence-electron chi connectivity index (χ0n) is 8.35. The van der Waals surface area contributed by atoms with Crippen LogP contribution in [-0.4, -0.2) is 13.1 Å². The SMILES string of the molecule is C=C/C(F)=C\C(=C)/C=C1\CCCNC1. The van der Waals surface area contributed by atoms with Gasteiger partial charge in [0.1, 0.15) is 5.83 Å². The van der Waals surface area contributed by atoms with Gasteiger partial charge in [-0.15, -0.1) is 0 Å². The van der Waals surface area contributed by atoms with Crippen molar-refractivity contribution in [3.8, 4) is 0 Å². The standard InChI is InChI=1S/C12H16FN/c1-3-12(13)8-10(2)7-11-5-4-6-14-9-11/h3,7-8,14H,1-2,4-6,9H2/b11-7+,12-8+. The van der Waals surface area contributed by atoms with Crippen molar-refractivity contribution in [2.24, 2.45) is 0 Å². The number of halogens is 1. The Hall–Kier alpha value is -1.15. The van der Waals surface area contributed by atoms with Crippen LogP contribution in [0.3, 0.4) is 0 Å². The van der Waals surface area contributed by atoms with Crippen LogP contribution in [0.2, 0.25) is 0 Å². The van der Waals surface area contributed by atoms with Crippen molar-refractivity contribution in [2.45, 2.75) is 12.8 Å². The molecule has 0 bridgehead atoms. The van der Waals surface area contributed by atoms with Crippen LogP contribution in [0.5, 0.6) is 0 Å². The topological polar surface area (TPSA) is 12.0 Å². The molecular weight excluding hydrogens is 177 g/mol. The summed E-state index contributed by atoms with van der Waals surface area (Å²) in [5.41, 5.74) is 1.98. The molecule has 0 atom stereocenters. The highest BCUT2D eigenvalue weighted by molar-refractivity contribution is 5.34. The number of nitrogens with one attached hydrogen (secondary N) is 1. The fourth-order valence-corrected chi connectivity index (χ4v) is 1.44. The van der Waals surface area contributed by atoms with Gasteiger partial charge in [0.2, 0.25) is 0 Å². The Kier molecular flexibility index (Phi) is 4.33. The average Bonchev–Trinajstić information content (AvgIpc) is 2.19. The fraction of sp³-hybridized carbons (Fsp3) is 0.333. The number of rotatable bonds is 3. The molecule has 0 amide bonds. The Labute approximate surface area is 84.7 Å². The molecule has 0 aliphatic carbocycles. The van der Waals surface area contributed by atoms with E-state index in [2.05, 4.69) is 18.5 Å². The largest absolute Gasteiger partial charge is 0.313 e. The van der Waals surface area contributed by atoms with Crippen LogP contribution in [0.1, 0.15) is 12.8 Å². The summed E-state index contributed by atoms with van der Waals surface area (Å²) in [7, 11) is 0. The Morgan fingerprint density at radius 3 is 2.86 bits per heavy atom. The van der Waals surface area contributed by atoms with E-state index in [1.54, 1.807) is 0 Å². The minimum absolute atomic E-state index is 0.337. The van der Waals surface area contributed by atoms with E-state index in [1.807, 2.05) is 6.08 Å². The molecule has 0 aromatic heterocycles. The normalized spacial score (nSPS) is 20.9. The fourth-order valence-electron chi connectivity index (χ4n) is 1.44. The second-order valence-electron chi connectivity index (χ2n) is 3.39. The van der Waals surface area contributed by atoms with Crippen molar-refractivity contribution < 1.29 is 4.39 Å². The summed E-state index contributed by atoms with van der Waals surface area (Å²) in [6.45, 7) is 9.07. The highest BCUT2D eigenvalue weighted by atomic mass is 19.1. The summed E-state index contributed by atoms with van der Waals surface area (Å²) in [5.74, 6) is -0.337. The summed E-state index contributed by atoms with van der Waals surface area (Å²) in [5, 5.41) is 3.26. The maximum atomic E-state index is 12.8. The Morgan fingerprint density at radius 2 is 2.29 bits per heavy atom. The van der Waals surface area contributed by atoms with Crippen molar-refractivity contribution >= 4 is 0 Å². The zero-order valence-corrected chi connectivity index (χ0v) is 8.35. The molecular formula is C12H16FN. The lowest BCUT2D eigenvalue weighted by Gasteiger charge is -2.15. The summed E-state index contributed by atoms with van der Waals surface area (Å²) in [4.78, 5) is 0. The second-order valence-corrected chi connectivity index (χ2v) is 3.39. The molecule has 0 saturated carbocycles. The van der Waals surface area contributed by atoms with Crippen LogP contribution < -0.4 is 5.32 Å². The maximum absolute atomic E-state index is 12.8. The number of hydrogen-bond acceptors (Lipinski definition) is 1. The maximum Gasteiger partial charge on any atom is 0.123 e. The molecule has 2 heteroatoms. The Bertz CT molecular complexity index is 279. The molecule has 14 heavy (non-hydrogen) atoms. The van der Waals surface area contributed by atoms with Crippen LogP contribution in [-0.2, 0) is 0 Å². The summed E-state index contributed by atoms with van der Waals surface area (Å²) < 4.78 is 12.8. The van der Waals surface area contributed by atoms with Gasteiger partial charge in [-0.3, -0.25) is 0 Å². The first-order valence-corrected chi connectivity index (χ1v) is 4.81. The van der Waals surface area contributed by atoms with Gasteiger partial charge in [-0.2, -0.15) is 0 Å². The van der Waals surface area contributed by atoms with E-state index in [0.29, 0.717) is 5.57 Å². The first kappa shape index (κ1) is 10.9. The van der Waals surface area contributed by atoms with Crippen LogP contribution in [0.15, 0.2) is 48.4 Å². The number of hydrogen-bond donors (Lipinski definition) is 1. The Balaban J connectivity index is 2.57. The van der Waals surface area contributed by atoms with Crippen LogP contribution in [0, 0.1) is 0 Å². The van der Waals surface area contributed by atoms with Crippen molar-refractivity contribution in [2.75, 3.05) is 13.1 Å². The van der Waals surface area contributed by atoms with Gasteiger partial charge in [0.15, 0.2) is 0 Å². The predicted octanol–water partition coefficient (Wildman–Crippen LogP) is 2.89. The monoisotopic (exact) mass is 193 g/mol. The molecule has 0 unspecified atom stereocenters. The van der Waals surface area contributed by atoms with Crippen LogP contribution in [0.4, 0.5) is 4.39 Å². The molecule has 76 valence electrons. The van der Waals surface area contributed by atoms with Gasteiger partial charge >= 0.3 is 0 Å². The molecule has 1 aliphatic heterocycles. The van der Waals surface area contributed by atoms with E-state index >= 15 is 0 Å². The highest BCUT2D eigenvalue weighted by Crippen LogP contribution is 2.13. The summed E-state index contributed by atoms with van der Waals surface area (Å²) in [6, 6.07) is 0. The van der Waals surface area contributed by atoms with E-state index in [-0.39, 0.29) is 5.83 Å².